The zero-order chi connectivity index (χ0) is 11.4. The van der Waals surface area contributed by atoms with Crippen molar-refractivity contribution in [2.45, 2.75) is 37.2 Å². The van der Waals surface area contributed by atoms with Crippen molar-refractivity contribution in [1.29, 1.82) is 0 Å². The van der Waals surface area contributed by atoms with E-state index in [2.05, 4.69) is 36.4 Å². The van der Waals surface area contributed by atoms with Gasteiger partial charge in [0.2, 0.25) is 0 Å². The van der Waals surface area contributed by atoms with Gasteiger partial charge >= 0.3 is 0 Å². The maximum Gasteiger partial charge on any atom is 0.0546 e. The summed E-state index contributed by atoms with van der Waals surface area (Å²) in [5.41, 5.74) is 3.00. The molecule has 0 radical (unpaired) electrons. The monoisotopic (exact) mass is 224 g/mol. The lowest BCUT2D eigenvalue weighted by atomic mass is 9.77. The summed E-state index contributed by atoms with van der Waals surface area (Å²) in [5.74, 6) is 1.21. The van der Waals surface area contributed by atoms with Gasteiger partial charge < -0.3 is 5.11 Å². The van der Waals surface area contributed by atoms with E-state index in [-0.39, 0.29) is 6.10 Å². The number of aliphatic hydroxyl groups is 1. The molecule has 0 spiro atoms. The van der Waals surface area contributed by atoms with Gasteiger partial charge in [-0.15, -0.1) is 0 Å². The number of hydrogen-bond acceptors (Lipinski definition) is 1. The molecular formula is C16H16O. The Morgan fingerprint density at radius 3 is 2.35 bits per heavy atom. The van der Waals surface area contributed by atoms with Crippen molar-refractivity contribution in [3.05, 3.63) is 47.5 Å². The molecule has 0 bridgehead atoms. The van der Waals surface area contributed by atoms with Crippen LogP contribution in [0.15, 0.2) is 36.4 Å². The maximum atomic E-state index is 9.89. The van der Waals surface area contributed by atoms with Crippen LogP contribution in [0.1, 0.15) is 42.2 Å². The van der Waals surface area contributed by atoms with Crippen molar-refractivity contribution < 1.29 is 5.11 Å². The molecule has 1 heteroatoms. The van der Waals surface area contributed by atoms with E-state index >= 15 is 0 Å². The highest BCUT2D eigenvalue weighted by atomic mass is 16.3. The number of aliphatic hydroxyl groups excluding tert-OH is 1. The molecule has 1 fully saturated rings. The molecule has 1 N–H and O–H groups in total. The number of benzene rings is 2. The first kappa shape index (κ1) is 9.67. The minimum Gasteiger partial charge on any atom is -0.393 e. The molecule has 0 heterocycles. The van der Waals surface area contributed by atoms with Crippen LogP contribution in [0.4, 0.5) is 0 Å². The third-order valence-electron chi connectivity index (χ3n) is 4.59. The molecular weight excluding hydrogens is 208 g/mol. The van der Waals surface area contributed by atoms with Crippen LogP contribution in [0.5, 0.6) is 0 Å². The van der Waals surface area contributed by atoms with E-state index in [1.165, 1.54) is 21.9 Å². The Morgan fingerprint density at radius 1 is 0.882 bits per heavy atom. The first-order chi connectivity index (χ1) is 8.34. The Kier molecular flexibility index (Phi) is 1.89. The molecule has 3 atom stereocenters. The molecule has 2 aliphatic carbocycles. The van der Waals surface area contributed by atoms with Gasteiger partial charge in [-0.25, -0.2) is 0 Å². The predicted octanol–water partition coefficient (Wildman–Crippen LogP) is 3.57. The molecule has 2 aromatic rings. The summed E-state index contributed by atoms with van der Waals surface area (Å²) >= 11 is 0. The van der Waals surface area contributed by atoms with Gasteiger partial charge in [0.1, 0.15) is 0 Å². The Balaban J connectivity index is 1.99. The first-order valence-electron chi connectivity index (χ1n) is 6.54. The zero-order valence-electron chi connectivity index (χ0n) is 9.76. The minimum atomic E-state index is -0.0965. The Morgan fingerprint density at radius 2 is 1.59 bits per heavy atom. The Bertz CT molecular complexity index is 582. The van der Waals surface area contributed by atoms with Crippen molar-refractivity contribution in [3.63, 3.8) is 0 Å². The summed E-state index contributed by atoms with van der Waals surface area (Å²) in [7, 11) is 0. The van der Waals surface area contributed by atoms with E-state index in [9.17, 15) is 5.11 Å². The summed E-state index contributed by atoms with van der Waals surface area (Å²) in [6, 6.07) is 13.3. The Labute approximate surface area is 101 Å². The van der Waals surface area contributed by atoms with Crippen molar-refractivity contribution in [1.82, 2.24) is 0 Å². The van der Waals surface area contributed by atoms with Crippen LogP contribution in [-0.2, 0) is 0 Å². The maximum absolute atomic E-state index is 9.89. The van der Waals surface area contributed by atoms with Gasteiger partial charge in [-0.1, -0.05) is 36.4 Å². The summed E-state index contributed by atoms with van der Waals surface area (Å²) in [4.78, 5) is 0. The van der Waals surface area contributed by atoms with Gasteiger partial charge in [-0.3, -0.25) is 0 Å². The van der Waals surface area contributed by atoms with Crippen LogP contribution in [0, 0.1) is 0 Å². The fraction of sp³-hybridized carbons (Fsp3) is 0.375. The van der Waals surface area contributed by atoms with Crippen molar-refractivity contribution in [2.75, 3.05) is 0 Å². The fourth-order valence-electron chi connectivity index (χ4n) is 3.88. The molecule has 1 saturated carbocycles. The van der Waals surface area contributed by atoms with E-state index in [0.29, 0.717) is 11.8 Å². The predicted molar refractivity (Wildman–Crippen MR) is 69.3 cm³/mol. The second-order valence-electron chi connectivity index (χ2n) is 5.47. The largest absolute Gasteiger partial charge is 0.393 e. The third-order valence-corrected chi connectivity index (χ3v) is 4.59. The van der Waals surface area contributed by atoms with E-state index in [1.54, 1.807) is 0 Å². The standard InChI is InChI=1S/C16H16O/c17-11-7-8-12-13-5-1-3-10-4-2-6-14(16(10)13)15(12)9-11/h1-6,11-12,15,17H,7-9H2. The highest BCUT2D eigenvalue weighted by molar-refractivity contribution is 5.92. The van der Waals surface area contributed by atoms with Crippen LogP contribution < -0.4 is 0 Å². The molecule has 0 aromatic heterocycles. The number of hydrogen-bond donors (Lipinski definition) is 1. The SMILES string of the molecule is OC1CCC2c3cccc4cccc(c34)C2C1. The van der Waals surface area contributed by atoms with Gasteiger partial charge in [0.25, 0.3) is 0 Å². The topological polar surface area (TPSA) is 20.2 Å². The van der Waals surface area contributed by atoms with E-state index in [1.807, 2.05) is 0 Å². The van der Waals surface area contributed by atoms with Crippen LogP contribution >= 0.6 is 0 Å². The van der Waals surface area contributed by atoms with Crippen LogP contribution in [0.2, 0.25) is 0 Å². The quantitative estimate of drug-likeness (QED) is 0.725. The molecule has 0 amide bonds. The van der Waals surface area contributed by atoms with Crippen molar-refractivity contribution >= 4 is 10.8 Å². The molecule has 2 aliphatic rings. The van der Waals surface area contributed by atoms with Gasteiger partial charge in [0, 0.05) is 0 Å². The number of rotatable bonds is 0. The van der Waals surface area contributed by atoms with Gasteiger partial charge in [0.05, 0.1) is 6.10 Å². The Hall–Kier alpha value is -1.34. The second kappa shape index (κ2) is 3.33. The molecule has 1 nitrogen and oxygen atoms in total. The van der Waals surface area contributed by atoms with Gasteiger partial charge in [-0.2, -0.15) is 0 Å². The van der Waals surface area contributed by atoms with Crippen LogP contribution in [-0.4, -0.2) is 11.2 Å². The summed E-state index contributed by atoms with van der Waals surface area (Å²) in [5, 5.41) is 12.7. The first-order valence-corrected chi connectivity index (χ1v) is 6.54. The second-order valence-corrected chi connectivity index (χ2v) is 5.47. The zero-order valence-corrected chi connectivity index (χ0v) is 9.76. The van der Waals surface area contributed by atoms with E-state index in [4.69, 9.17) is 0 Å². The van der Waals surface area contributed by atoms with E-state index in [0.717, 1.165) is 19.3 Å². The lowest BCUT2D eigenvalue weighted by Gasteiger charge is -2.30. The van der Waals surface area contributed by atoms with Gasteiger partial charge in [-0.05, 0) is 53.0 Å². The minimum absolute atomic E-state index is 0.0965. The highest BCUT2D eigenvalue weighted by Crippen LogP contribution is 2.53. The average molecular weight is 224 g/mol. The summed E-state index contributed by atoms with van der Waals surface area (Å²) in [6.07, 6.45) is 2.95. The third kappa shape index (κ3) is 1.23. The molecule has 86 valence electrons. The lowest BCUT2D eigenvalue weighted by Crippen LogP contribution is -2.22. The fourth-order valence-corrected chi connectivity index (χ4v) is 3.88. The van der Waals surface area contributed by atoms with Crippen LogP contribution in [0.3, 0.4) is 0 Å². The molecule has 3 unspecified atom stereocenters. The highest BCUT2D eigenvalue weighted by Gasteiger charge is 2.38. The van der Waals surface area contributed by atoms with E-state index < -0.39 is 0 Å². The summed E-state index contributed by atoms with van der Waals surface area (Å²) in [6.45, 7) is 0. The molecule has 0 saturated heterocycles. The molecule has 4 rings (SSSR count). The van der Waals surface area contributed by atoms with Gasteiger partial charge in [0.15, 0.2) is 0 Å². The van der Waals surface area contributed by atoms with Crippen molar-refractivity contribution in [3.8, 4) is 0 Å². The smallest absolute Gasteiger partial charge is 0.0546 e. The molecule has 2 aromatic carbocycles. The molecule has 17 heavy (non-hydrogen) atoms. The van der Waals surface area contributed by atoms with Crippen molar-refractivity contribution in [2.24, 2.45) is 0 Å². The lowest BCUT2D eigenvalue weighted by molar-refractivity contribution is 0.112. The molecule has 0 aliphatic heterocycles. The average Bonchev–Trinajstić information content (AvgIpc) is 2.67. The normalized spacial score (nSPS) is 30.5. The number of fused-ring (bicyclic) bond motifs is 3. The summed E-state index contributed by atoms with van der Waals surface area (Å²) < 4.78 is 0. The van der Waals surface area contributed by atoms with Crippen LogP contribution in [0.25, 0.3) is 10.8 Å².